The van der Waals surface area contributed by atoms with Crippen LogP contribution in [0.3, 0.4) is 0 Å². The van der Waals surface area contributed by atoms with E-state index in [2.05, 4.69) is 17.6 Å². The minimum Gasteiger partial charge on any atom is -0.444 e. The van der Waals surface area contributed by atoms with Crippen molar-refractivity contribution in [2.24, 2.45) is 11.7 Å². The van der Waals surface area contributed by atoms with Crippen LogP contribution in [0.1, 0.15) is 53.4 Å². The normalized spacial score (nSPS) is 24.4. The molecular weight excluding hydrogens is 254 g/mol. The highest BCUT2D eigenvalue weighted by atomic mass is 16.6. The van der Waals surface area contributed by atoms with Crippen molar-refractivity contribution in [1.82, 2.24) is 10.6 Å². The van der Waals surface area contributed by atoms with Crippen LogP contribution >= 0.6 is 0 Å². The first-order valence-electron chi connectivity index (χ1n) is 7.78. The highest BCUT2D eigenvalue weighted by Crippen LogP contribution is 2.24. The zero-order chi connectivity index (χ0) is 15.2. The number of ether oxygens (including phenoxy) is 1. The second-order valence-corrected chi connectivity index (χ2v) is 6.69. The van der Waals surface area contributed by atoms with Crippen molar-refractivity contribution < 1.29 is 9.53 Å². The largest absolute Gasteiger partial charge is 0.444 e. The monoisotopic (exact) mass is 285 g/mol. The Bertz CT molecular complexity index is 302. The molecule has 0 spiro atoms. The van der Waals surface area contributed by atoms with Crippen LogP contribution in [0.15, 0.2) is 0 Å². The minimum absolute atomic E-state index is 0.101. The summed E-state index contributed by atoms with van der Waals surface area (Å²) in [5.74, 6) is 0.578. The van der Waals surface area contributed by atoms with Gasteiger partial charge in [0.1, 0.15) is 5.60 Å². The Morgan fingerprint density at radius 2 is 2.10 bits per heavy atom. The zero-order valence-electron chi connectivity index (χ0n) is 13.4. The summed E-state index contributed by atoms with van der Waals surface area (Å²) in [7, 11) is 0. The van der Waals surface area contributed by atoms with Crippen LogP contribution in [-0.2, 0) is 4.74 Å². The summed E-state index contributed by atoms with van der Waals surface area (Å²) in [5, 5.41) is 6.48. The van der Waals surface area contributed by atoms with Crippen molar-refractivity contribution in [1.29, 1.82) is 0 Å². The van der Waals surface area contributed by atoms with Gasteiger partial charge in [-0.1, -0.05) is 13.3 Å². The van der Waals surface area contributed by atoms with Crippen molar-refractivity contribution in [3.63, 3.8) is 0 Å². The van der Waals surface area contributed by atoms with E-state index in [9.17, 15) is 4.79 Å². The molecule has 3 unspecified atom stereocenters. The molecule has 20 heavy (non-hydrogen) atoms. The topological polar surface area (TPSA) is 76.4 Å². The molecule has 1 amide bonds. The summed E-state index contributed by atoms with van der Waals surface area (Å²) in [5.41, 5.74) is 5.33. The van der Waals surface area contributed by atoms with Gasteiger partial charge in [0.15, 0.2) is 0 Å². The van der Waals surface area contributed by atoms with Crippen LogP contribution in [0.2, 0.25) is 0 Å². The molecular formula is C15H31N3O2. The van der Waals surface area contributed by atoms with E-state index in [-0.39, 0.29) is 12.1 Å². The third-order valence-corrected chi connectivity index (χ3v) is 3.80. The number of amides is 1. The van der Waals surface area contributed by atoms with Crippen LogP contribution in [0.5, 0.6) is 0 Å². The van der Waals surface area contributed by atoms with Crippen LogP contribution in [-0.4, -0.2) is 36.9 Å². The van der Waals surface area contributed by atoms with E-state index in [1.807, 2.05) is 20.8 Å². The maximum atomic E-state index is 11.8. The molecule has 0 aromatic heterocycles. The van der Waals surface area contributed by atoms with Gasteiger partial charge in [-0.2, -0.15) is 0 Å². The molecule has 0 bridgehead atoms. The Kier molecular flexibility index (Phi) is 6.76. The number of carbonyl (C=O) groups is 1. The molecule has 1 saturated carbocycles. The smallest absolute Gasteiger partial charge is 0.407 e. The number of hydrogen-bond acceptors (Lipinski definition) is 4. The quantitative estimate of drug-likeness (QED) is 0.697. The predicted molar refractivity (Wildman–Crippen MR) is 81.6 cm³/mol. The number of rotatable bonds is 6. The van der Waals surface area contributed by atoms with Crippen LogP contribution < -0.4 is 16.4 Å². The average Bonchev–Trinajstić information content (AvgIpc) is 2.79. The molecule has 0 aromatic rings. The van der Waals surface area contributed by atoms with Gasteiger partial charge in [0, 0.05) is 18.6 Å². The molecule has 3 atom stereocenters. The van der Waals surface area contributed by atoms with Crippen LogP contribution in [0.25, 0.3) is 0 Å². The van der Waals surface area contributed by atoms with Gasteiger partial charge >= 0.3 is 6.09 Å². The van der Waals surface area contributed by atoms with Gasteiger partial charge in [0.05, 0.1) is 0 Å². The van der Waals surface area contributed by atoms with Crippen LogP contribution in [0.4, 0.5) is 4.79 Å². The standard InChI is InChI=1S/C15H31N3O2/c1-5-12(18-14(19)20-15(2,3)4)10-17-13-8-6-7-11(13)9-16/h11-13,17H,5-10,16H2,1-4H3,(H,18,19). The molecule has 0 heterocycles. The van der Waals surface area contributed by atoms with Crippen molar-refractivity contribution in [2.75, 3.05) is 13.1 Å². The summed E-state index contributed by atoms with van der Waals surface area (Å²) in [4.78, 5) is 11.8. The van der Waals surface area contributed by atoms with E-state index in [1.165, 1.54) is 19.3 Å². The lowest BCUT2D eigenvalue weighted by Crippen LogP contribution is -2.47. The molecule has 5 nitrogen and oxygen atoms in total. The summed E-state index contributed by atoms with van der Waals surface area (Å²) in [6, 6.07) is 0.596. The molecule has 4 N–H and O–H groups in total. The molecule has 0 radical (unpaired) electrons. The lowest BCUT2D eigenvalue weighted by molar-refractivity contribution is 0.0501. The highest BCUT2D eigenvalue weighted by molar-refractivity contribution is 5.68. The first-order valence-corrected chi connectivity index (χ1v) is 7.78. The fourth-order valence-corrected chi connectivity index (χ4v) is 2.65. The van der Waals surface area contributed by atoms with Crippen molar-refractivity contribution >= 4 is 6.09 Å². The molecule has 5 heteroatoms. The third kappa shape index (κ3) is 6.09. The van der Waals surface area contributed by atoms with Gasteiger partial charge in [-0.25, -0.2) is 4.79 Å². The minimum atomic E-state index is -0.452. The Balaban J connectivity index is 2.34. The van der Waals surface area contributed by atoms with Gasteiger partial charge in [-0.15, -0.1) is 0 Å². The SMILES string of the molecule is CCC(CNC1CCCC1CN)NC(=O)OC(C)(C)C. The number of hydrogen-bond donors (Lipinski definition) is 3. The van der Waals surface area contributed by atoms with Gasteiger partial charge in [-0.3, -0.25) is 0 Å². The maximum Gasteiger partial charge on any atom is 0.407 e. The van der Waals surface area contributed by atoms with E-state index in [0.717, 1.165) is 19.5 Å². The Hall–Kier alpha value is -0.810. The van der Waals surface area contributed by atoms with Crippen molar-refractivity contribution in [2.45, 2.75) is 71.1 Å². The summed E-state index contributed by atoms with van der Waals surface area (Å²) >= 11 is 0. The summed E-state index contributed by atoms with van der Waals surface area (Å²) < 4.78 is 5.29. The average molecular weight is 285 g/mol. The van der Waals surface area contributed by atoms with Gasteiger partial charge in [-0.05, 0) is 52.5 Å². The van der Waals surface area contributed by atoms with E-state index >= 15 is 0 Å². The number of nitrogens with two attached hydrogens (primary N) is 1. The third-order valence-electron chi connectivity index (χ3n) is 3.80. The molecule has 0 saturated heterocycles. The van der Waals surface area contributed by atoms with Gasteiger partial charge < -0.3 is 21.1 Å². The van der Waals surface area contributed by atoms with E-state index < -0.39 is 5.60 Å². The first kappa shape index (κ1) is 17.2. The summed E-state index contributed by atoms with van der Waals surface area (Å²) in [6.07, 6.45) is 4.19. The molecule has 0 aliphatic heterocycles. The molecule has 1 aliphatic rings. The molecule has 1 fully saturated rings. The zero-order valence-corrected chi connectivity index (χ0v) is 13.4. The number of carbonyl (C=O) groups excluding carboxylic acids is 1. The van der Waals surface area contributed by atoms with E-state index in [4.69, 9.17) is 10.5 Å². The molecule has 118 valence electrons. The van der Waals surface area contributed by atoms with Gasteiger partial charge in [0.25, 0.3) is 0 Å². The summed E-state index contributed by atoms with van der Waals surface area (Å²) in [6.45, 7) is 9.20. The second-order valence-electron chi connectivity index (χ2n) is 6.69. The van der Waals surface area contributed by atoms with E-state index in [1.54, 1.807) is 0 Å². The fraction of sp³-hybridized carbons (Fsp3) is 0.933. The lowest BCUT2D eigenvalue weighted by Gasteiger charge is -2.25. The second kappa shape index (κ2) is 7.84. The predicted octanol–water partition coefficient (Wildman–Crippen LogP) is 2.01. The molecule has 1 rings (SSSR count). The molecule has 1 aliphatic carbocycles. The maximum absolute atomic E-state index is 11.8. The molecule has 0 aromatic carbocycles. The first-order chi connectivity index (χ1) is 9.35. The Labute approximate surface area is 123 Å². The van der Waals surface area contributed by atoms with E-state index in [0.29, 0.717) is 12.0 Å². The van der Waals surface area contributed by atoms with Crippen molar-refractivity contribution in [3.05, 3.63) is 0 Å². The lowest BCUT2D eigenvalue weighted by atomic mass is 10.0. The number of alkyl carbamates (subject to hydrolysis) is 1. The van der Waals surface area contributed by atoms with Crippen molar-refractivity contribution in [3.8, 4) is 0 Å². The Morgan fingerprint density at radius 1 is 1.40 bits per heavy atom. The Morgan fingerprint density at radius 3 is 2.65 bits per heavy atom. The fourth-order valence-electron chi connectivity index (χ4n) is 2.65. The van der Waals surface area contributed by atoms with Crippen LogP contribution in [0, 0.1) is 5.92 Å². The van der Waals surface area contributed by atoms with Gasteiger partial charge in [0.2, 0.25) is 0 Å². The number of nitrogens with one attached hydrogen (secondary N) is 2. The highest BCUT2D eigenvalue weighted by Gasteiger charge is 2.26.